The zero-order chi connectivity index (χ0) is 15.4. The van der Waals surface area contributed by atoms with Crippen LogP contribution in [0.1, 0.15) is 45.2 Å². The Balaban J connectivity index is 1.44. The number of carbonyl (C=O) groups excluding carboxylic acids is 2. The molecule has 2 heterocycles. The summed E-state index contributed by atoms with van der Waals surface area (Å²) in [6.07, 6.45) is 7.10. The highest BCUT2D eigenvalue weighted by atomic mass is 16.5. The van der Waals surface area contributed by atoms with Crippen LogP contribution in [0.25, 0.3) is 0 Å². The van der Waals surface area contributed by atoms with Crippen LogP contribution in [0.5, 0.6) is 0 Å². The molecule has 3 rings (SSSR count). The maximum absolute atomic E-state index is 12.0. The lowest BCUT2D eigenvalue weighted by atomic mass is 10.2. The summed E-state index contributed by atoms with van der Waals surface area (Å²) in [5.41, 5.74) is 2.09. The van der Waals surface area contributed by atoms with Crippen molar-refractivity contribution in [2.24, 2.45) is 0 Å². The van der Waals surface area contributed by atoms with Gasteiger partial charge >= 0.3 is 5.97 Å². The fourth-order valence-electron chi connectivity index (χ4n) is 2.26. The van der Waals surface area contributed by atoms with Gasteiger partial charge in [0.05, 0.1) is 12.1 Å². The summed E-state index contributed by atoms with van der Waals surface area (Å²) >= 11 is 0. The van der Waals surface area contributed by atoms with Crippen LogP contribution in [0, 0.1) is 0 Å². The van der Waals surface area contributed by atoms with E-state index in [-0.39, 0.29) is 25.0 Å². The molecule has 2 aromatic rings. The first-order chi connectivity index (χ1) is 10.8. The molecule has 1 aliphatic rings. The minimum atomic E-state index is -0.346. The average Bonchev–Trinajstić information content (AvgIpc) is 3.28. The number of aromatic nitrogens is 2. The molecule has 2 aromatic heterocycles. The van der Waals surface area contributed by atoms with Crippen molar-refractivity contribution in [3.05, 3.63) is 53.6 Å². The molecule has 0 saturated heterocycles. The SMILES string of the molecule is O=C(NCCOC(=O)c1cc[nH]c1C1CC1)c1ccncc1. The van der Waals surface area contributed by atoms with Gasteiger partial charge in [0.2, 0.25) is 0 Å². The Morgan fingerprint density at radius 1 is 1.27 bits per heavy atom. The third-order valence-electron chi connectivity index (χ3n) is 3.55. The lowest BCUT2D eigenvalue weighted by Gasteiger charge is -2.07. The topological polar surface area (TPSA) is 84.1 Å². The molecule has 6 nitrogen and oxygen atoms in total. The first-order valence-corrected chi connectivity index (χ1v) is 7.28. The normalized spacial score (nSPS) is 13.6. The van der Waals surface area contributed by atoms with Gasteiger partial charge in [-0.15, -0.1) is 0 Å². The number of hydrogen-bond donors (Lipinski definition) is 2. The van der Waals surface area contributed by atoms with Crippen LogP contribution >= 0.6 is 0 Å². The van der Waals surface area contributed by atoms with Crippen molar-refractivity contribution in [2.45, 2.75) is 18.8 Å². The predicted octanol–water partition coefficient (Wildman–Crippen LogP) is 1.87. The van der Waals surface area contributed by atoms with Gasteiger partial charge in [-0.1, -0.05) is 0 Å². The Morgan fingerprint density at radius 3 is 2.77 bits per heavy atom. The molecule has 6 heteroatoms. The smallest absolute Gasteiger partial charge is 0.340 e. The standard InChI is InChI=1S/C16H17N3O3/c20-15(12-3-6-17-7-4-12)19-9-10-22-16(21)13-5-8-18-14(13)11-1-2-11/h3-8,11,18H,1-2,9-10H2,(H,19,20). The molecule has 0 spiro atoms. The third-order valence-corrected chi connectivity index (χ3v) is 3.55. The highest BCUT2D eigenvalue weighted by molar-refractivity contribution is 5.94. The van der Waals surface area contributed by atoms with Gasteiger partial charge < -0.3 is 15.0 Å². The number of aromatic amines is 1. The summed E-state index contributed by atoms with van der Waals surface area (Å²) in [5.74, 6) is -0.0935. The lowest BCUT2D eigenvalue weighted by Crippen LogP contribution is -2.28. The van der Waals surface area contributed by atoms with Crippen LogP contribution < -0.4 is 5.32 Å². The molecule has 0 atom stereocenters. The van der Waals surface area contributed by atoms with Crippen LogP contribution in [0.3, 0.4) is 0 Å². The largest absolute Gasteiger partial charge is 0.460 e. The van der Waals surface area contributed by atoms with Gasteiger partial charge in [-0.25, -0.2) is 4.79 Å². The van der Waals surface area contributed by atoms with Crippen LogP contribution in [-0.4, -0.2) is 35.0 Å². The molecule has 1 saturated carbocycles. The van der Waals surface area contributed by atoms with Gasteiger partial charge in [0.1, 0.15) is 6.61 Å². The van der Waals surface area contributed by atoms with E-state index in [2.05, 4.69) is 15.3 Å². The zero-order valence-corrected chi connectivity index (χ0v) is 12.0. The molecule has 0 radical (unpaired) electrons. The average molecular weight is 299 g/mol. The minimum absolute atomic E-state index is 0.144. The zero-order valence-electron chi connectivity index (χ0n) is 12.0. The molecular weight excluding hydrogens is 282 g/mol. The number of H-pyrrole nitrogens is 1. The predicted molar refractivity (Wildman–Crippen MR) is 79.6 cm³/mol. The molecule has 0 aromatic carbocycles. The Labute approximate surface area is 127 Å². The van der Waals surface area contributed by atoms with Gasteiger partial charge in [-0.2, -0.15) is 0 Å². The molecule has 114 valence electrons. The number of pyridine rings is 1. The maximum Gasteiger partial charge on any atom is 0.340 e. The quantitative estimate of drug-likeness (QED) is 0.630. The van der Waals surface area contributed by atoms with Crippen molar-refractivity contribution in [3.63, 3.8) is 0 Å². The van der Waals surface area contributed by atoms with Gasteiger partial charge in [-0.3, -0.25) is 9.78 Å². The van der Waals surface area contributed by atoms with Crippen molar-refractivity contribution >= 4 is 11.9 Å². The van der Waals surface area contributed by atoms with E-state index in [1.807, 2.05) is 0 Å². The summed E-state index contributed by atoms with van der Waals surface area (Å²) < 4.78 is 5.21. The Kier molecular flexibility index (Phi) is 4.18. The van der Waals surface area contributed by atoms with Crippen LogP contribution in [-0.2, 0) is 4.74 Å². The van der Waals surface area contributed by atoms with Crippen molar-refractivity contribution in [1.82, 2.24) is 15.3 Å². The molecule has 0 bridgehead atoms. The van der Waals surface area contributed by atoms with Crippen molar-refractivity contribution in [2.75, 3.05) is 13.2 Å². The number of nitrogens with one attached hydrogen (secondary N) is 2. The summed E-state index contributed by atoms with van der Waals surface area (Å²) in [7, 11) is 0. The first-order valence-electron chi connectivity index (χ1n) is 7.28. The van der Waals surface area contributed by atoms with Crippen molar-refractivity contribution in [1.29, 1.82) is 0 Å². The van der Waals surface area contributed by atoms with E-state index in [0.717, 1.165) is 18.5 Å². The molecule has 0 unspecified atom stereocenters. The van der Waals surface area contributed by atoms with E-state index in [0.29, 0.717) is 17.0 Å². The van der Waals surface area contributed by atoms with Crippen LogP contribution in [0.2, 0.25) is 0 Å². The van der Waals surface area contributed by atoms with Crippen LogP contribution in [0.4, 0.5) is 0 Å². The third kappa shape index (κ3) is 3.33. The first kappa shape index (κ1) is 14.3. The highest BCUT2D eigenvalue weighted by Crippen LogP contribution is 2.40. The number of carbonyl (C=O) groups is 2. The monoisotopic (exact) mass is 299 g/mol. The van der Waals surface area contributed by atoms with Gasteiger partial charge in [0.25, 0.3) is 5.91 Å². The molecule has 1 aliphatic carbocycles. The second-order valence-electron chi connectivity index (χ2n) is 5.21. The summed E-state index contributed by atoms with van der Waals surface area (Å²) in [4.78, 5) is 30.7. The number of nitrogens with zero attached hydrogens (tertiary/aromatic N) is 1. The van der Waals surface area contributed by atoms with Crippen LogP contribution in [0.15, 0.2) is 36.8 Å². The van der Waals surface area contributed by atoms with E-state index >= 15 is 0 Å². The molecule has 0 aliphatic heterocycles. The summed E-state index contributed by atoms with van der Waals surface area (Å²) in [6.45, 7) is 0.418. The Hall–Kier alpha value is -2.63. The minimum Gasteiger partial charge on any atom is -0.460 e. The number of ether oxygens (including phenoxy) is 1. The van der Waals surface area contributed by atoms with E-state index in [9.17, 15) is 9.59 Å². The van der Waals surface area contributed by atoms with Gasteiger partial charge in [-0.05, 0) is 37.0 Å². The molecule has 22 heavy (non-hydrogen) atoms. The van der Waals surface area contributed by atoms with E-state index in [1.165, 1.54) is 0 Å². The molecule has 1 amide bonds. The Morgan fingerprint density at radius 2 is 2.05 bits per heavy atom. The van der Waals surface area contributed by atoms with E-state index < -0.39 is 0 Å². The number of rotatable bonds is 6. The van der Waals surface area contributed by atoms with E-state index in [4.69, 9.17) is 4.74 Å². The molecule has 2 N–H and O–H groups in total. The lowest BCUT2D eigenvalue weighted by molar-refractivity contribution is 0.0502. The van der Waals surface area contributed by atoms with E-state index in [1.54, 1.807) is 36.8 Å². The highest BCUT2D eigenvalue weighted by Gasteiger charge is 2.29. The number of hydrogen-bond acceptors (Lipinski definition) is 4. The summed E-state index contributed by atoms with van der Waals surface area (Å²) in [6, 6.07) is 5.00. The maximum atomic E-state index is 12.0. The fraction of sp³-hybridized carbons (Fsp3) is 0.312. The Bertz CT molecular complexity index is 662. The van der Waals surface area contributed by atoms with Crippen molar-refractivity contribution in [3.8, 4) is 0 Å². The number of amides is 1. The van der Waals surface area contributed by atoms with Gasteiger partial charge in [0.15, 0.2) is 0 Å². The molecule has 1 fully saturated rings. The van der Waals surface area contributed by atoms with Gasteiger partial charge in [0, 0.05) is 29.8 Å². The second kappa shape index (κ2) is 6.43. The second-order valence-corrected chi connectivity index (χ2v) is 5.21. The fourth-order valence-corrected chi connectivity index (χ4v) is 2.26. The molecular formula is C16H17N3O3. The number of esters is 1. The van der Waals surface area contributed by atoms with Crippen molar-refractivity contribution < 1.29 is 14.3 Å². The summed E-state index contributed by atoms with van der Waals surface area (Å²) in [5, 5.41) is 2.70.